The van der Waals surface area contributed by atoms with Crippen LogP contribution in [0.5, 0.6) is 11.5 Å². The number of rotatable bonds is 8. The molecule has 0 aliphatic carbocycles. The average Bonchev–Trinajstić information content (AvgIpc) is 3.17. The van der Waals surface area contributed by atoms with Crippen LogP contribution in [-0.4, -0.2) is 49.4 Å². The molecule has 3 amide bonds. The summed E-state index contributed by atoms with van der Waals surface area (Å²) in [5.41, 5.74) is 2.81. The number of hydrogen-bond donors (Lipinski definition) is 0. The number of imide groups is 1. The molecule has 36 heavy (non-hydrogen) atoms. The minimum Gasteiger partial charge on any atom is -0.493 e. The second-order valence-corrected chi connectivity index (χ2v) is 9.49. The first kappa shape index (κ1) is 25.4. The predicted octanol–water partition coefficient (Wildman–Crippen LogP) is 4.79. The number of nitrogens with zero attached hydrogens (tertiary/aromatic N) is 2. The first-order valence-electron chi connectivity index (χ1n) is 11.5. The first-order valence-corrected chi connectivity index (χ1v) is 12.3. The van der Waals surface area contributed by atoms with Gasteiger partial charge in [-0.15, -0.1) is 0 Å². The zero-order valence-corrected chi connectivity index (χ0v) is 21.9. The van der Waals surface area contributed by atoms with Crippen molar-refractivity contribution in [3.63, 3.8) is 0 Å². The molecular formula is C28H27BrN2O5. The third kappa shape index (κ3) is 5.28. The molecule has 0 N–H and O–H groups in total. The lowest BCUT2D eigenvalue weighted by Gasteiger charge is -2.28. The van der Waals surface area contributed by atoms with E-state index in [0.717, 1.165) is 15.6 Å². The fourth-order valence-electron chi connectivity index (χ4n) is 4.35. The molecule has 0 saturated carbocycles. The fourth-order valence-corrected chi connectivity index (χ4v) is 4.61. The molecule has 3 aromatic rings. The normalized spacial score (nSPS) is 15.2. The topological polar surface area (TPSA) is 76.2 Å². The molecule has 0 spiro atoms. The number of aryl methyl sites for hydroxylation is 1. The van der Waals surface area contributed by atoms with E-state index in [1.54, 1.807) is 56.7 Å². The Labute approximate surface area is 218 Å². The third-order valence-corrected chi connectivity index (χ3v) is 6.73. The monoisotopic (exact) mass is 550 g/mol. The van der Waals surface area contributed by atoms with E-state index in [4.69, 9.17) is 9.47 Å². The Morgan fingerprint density at radius 1 is 1.00 bits per heavy atom. The molecule has 1 saturated heterocycles. The van der Waals surface area contributed by atoms with Crippen LogP contribution in [0.1, 0.15) is 27.9 Å². The summed E-state index contributed by atoms with van der Waals surface area (Å²) in [6, 6.07) is 18.9. The maximum atomic E-state index is 13.7. The quantitative estimate of drug-likeness (QED) is 0.377. The second-order valence-electron chi connectivity index (χ2n) is 8.57. The van der Waals surface area contributed by atoms with Gasteiger partial charge in [0.25, 0.3) is 11.8 Å². The Balaban J connectivity index is 1.64. The molecule has 3 aromatic carbocycles. The number of amides is 3. The van der Waals surface area contributed by atoms with Gasteiger partial charge in [-0.05, 0) is 67.4 Å². The smallest absolute Gasteiger partial charge is 0.257 e. The predicted molar refractivity (Wildman–Crippen MR) is 141 cm³/mol. The van der Waals surface area contributed by atoms with Crippen molar-refractivity contribution in [3.05, 3.63) is 87.9 Å². The maximum absolute atomic E-state index is 13.7. The molecule has 1 fully saturated rings. The molecule has 1 unspecified atom stereocenters. The number of benzene rings is 3. The number of anilines is 1. The molecular weight excluding hydrogens is 524 g/mol. The van der Waals surface area contributed by atoms with Crippen molar-refractivity contribution in [3.8, 4) is 11.5 Å². The number of carbonyl (C=O) groups is 3. The molecule has 0 bridgehead atoms. The van der Waals surface area contributed by atoms with Gasteiger partial charge in [-0.3, -0.25) is 14.4 Å². The zero-order valence-electron chi connectivity index (χ0n) is 20.4. The van der Waals surface area contributed by atoms with E-state index in [9.17, 15) is 14.4 Å². The lowest BCUT2D eigenvalue weighted by Crippen LogP contribution is -2.46. The highest BCUT2D eigenvalue weighted by molar-refractivity contribution is 9.10. The number of methoxy groups -OCH3 is 2. The zero-order chi connectivity index (χ0) is 25.8. The van der Waals surface area contributed by atoms with Gasteiger partial charge in [-0.25, -0.2) is 4.90 Å². The molecule has 186 valence electrons. The molecule has 0 aromatic heterocycles. The molecule has 1 aliphatic rings. The average molecular weight is 551 g/mol. The highest BCUT2D eigenvalue weighted by atomic mass is 79.9. The van der Waals surface area contributed by atoms with Crippen LogP contribution in [0.2, 0.25) is 0 Å². The highest BCUT2D eigenvalue weighted by Gasteiger charge is 2.44. The molecule has 7 nitrogen and oxygen atoms in total. The van der Waals surface area contributed by atoms with Crippen molar-refractivity contribution in [1.29, 1.82) is 0 Å². The SMILES string of the molecule is COc1ccc(CCN(C(=O)c2cccc(C)c2)C2CC(=O)N(c3ccc(Br)cc3)C2=O)cc1OC. The second kappa shape index (κ2) is 11.0. The van der Waals surface area contributed by atoms with Gasteiger partial charge in [-0.1, -0.05) is 39.7 Å². The molecule has 1 heterocycles. The Bertz CT molecular complexity index is 1290. The van der Waals surface area contributed by atoms with Crippen LogP contribution >= 0.6 is 15.9 Å². The van der Waals surface area contributed by atoms with Crippen LogP contribution in [0.3, 0.4) is 0 Å². The first-order chi connectivity index (χ1) is 17.3. The summed E-state index contributed by atoms with van der Waals surface area (Å²) in [5.74, 6) is 0.162. The van der Waals surface area contributed by atoms with Gasteiger partial charge >= 0.3 is 0 Å². The van der Waals surface area contributed by atoms with Crippen molar-refractivity contribution in [2.75, 3.05) is 25.7 Å². The molecule has 1 aliphatic heterocycles. The van der Waals surface area contributed by atoms with E-state index in [1.165, 1.54) is 9.80 Å². The van der Waals surface area contributed by atoms with Gasteiger partial charge in [0.05, 0.1) is 26.3 Å². The third-order valence-electron chi connectivity index (χ3n) is 6.20. The maximum Gasteiger partial charge on any atom is 0.257 e. The standard InChI is InChI=1S/C28H27BrN2O5/c1-18-5-4-6-20(15-18)27(33)30(14-13-19-7-12-24(35-2)25(16-19)36-3)23-17-26(32)31(28(23)34)22-10-8-21(29)9-11-22/h4-12,15-16,23H,13-14,17H2,1-3H3. The number of carbonyl (C=O) groups excluding carboxylic acids is 3. The van der Waals surface area contributed by atoms with Crippen molar-refractivity contribution in [2.45, 2.75) is 25.8 Å². The van der Waals surface area contributed by atoms with Crippen molar-refractivity contribution < 1.29 is 23.9 Å². The molecule has 4 rings (SSSR count). The minimum absolute atomic E-state index is 0.0710. The van der Waals surface area contributed by atoms with Gasteiger partial charge < -0.3 is 14.4 Å². The fraction of sp³-hybridized carbons (Fsp3) is 0.250. The van der Waals surface area contributed by atoms with Crippen molar-refractivity contribution in [2.24, 2.45) is 0 Å². The van der Waals surface area contributed by atoms with E-state index >= 15 is 0 Å². The van der Waals surface area contributed by atoms with E-state index in [0.29, 0.717) is 29.2 Å². The molecule has 8 heteroatoms. The Morgan fingerprint density at radius 3 is 2.39 bits per heavy atom. The van der Waals surface area contributed by atoms with Crippen LogP contribution in [0.25, 0.3) is 0 Å². The van der Waals surface area contributed by atoms with Crippen LogP contribution in [0, 0.1) is 6.92 Å². The highest BCUT2D eigenvalue weighted by Crippen LogP contribution is 2.30. The summed E-state index contributed by atoms with van der Waals surface area (Å²) in [7, 11) is 3.13. The van der Waals surface area contributed by atoms with E-state index < -0.39 is 11.9 Å². The van der Waals surface area contributed by atoms with E-state index in [-0.39, 0.29) is 24.8 Å². The molecule has 0 radical (unpaired) electrons. The Kier molecular flexibility index (Phi) is 7.74. The van der Waals surface area contributed by atoms with Crippen molar-refractivity contribution in [1.82, 2.24) is 4.90 Å². The molecule has 1 atom stereocenters. The van der Waals surface area contributed by atoms with Crippen LogP contribution in [0.4, 0.5) is 5.69 Å². The van der Waals surface area contributed by atoms with Gasteiger partial charge in [0.15, 0.2) is 11.5 Å². The summed E-state index contributed by atoms with van der Waals surface area (Å²) in [6.45, 7) is 2.16. The lowest BCUT2D eigenvalue weighted by molar-refractivity contribution is -0.122. The van der Waals surface area contributed by atoms with Crippen LogP contribution in [0.15, 0.2) is 71.2 Å². The summed E-state index contributed by atoms with van der Waals surface area (Å²) in [4.78, 5) is 42.8. The number of hydrogen-bond acceptors (Lipinski definition) is 5. The minimum atomic E-state index is -0.894. The Hall–Kier alpha value is -3.65. The van der Waals surface area contributed by atoms with Gasteiger partial charge in [0.2, 0.25) is 5.91 Å². The summed E-state index contributed by atoms with van der Waals surface area (Å²) in [5, 5.41) is 0. The van der Waals surface area contributed by atoms with Gasteiger partial charge in [0.1, 0.15) is 6.04 Å². The van der Waals surface area contributed by atoms with Gasteiger partial charge in [0, 0.05) is 16.6 Å². The van der Waals surface area contributed by atoms with Crippen LogP contribution < -0.4 is 14.4 Å². The van der Waals surface area contributed by atoms with Crippen molar-refractivity contribution >= 4 is 39.3 Å². The largest absolute Gasteiger partial charge is 0.493 e. The van der Waals surface area contributed by atoms with Gasteiger partial charge in [-0.2, -0.15) is 0 Å². The van der Waals surface area contributed by atoms with E-state index in [1.807, 2.05) is 31.2 Å². The Morgan fingerprint density at radius 2 is 1.72 bits per heavy atom. The van der Waals surface area contributed by atoms with E-state index in [2.05, 4.69) is 15.9 Å². The summed E-state index contributed by atoms with van der Waals surface area (Å²) >= 11 is 3.37. The summed E-state index contributed by atoms with van der Waals surface area (Å²) < 4.78 is 11.6. The lowest BCUT2D eigenvalue weighted by atomic mass is 10.1. The number of halogens is 1. The van der Waals surface area contributed by atoms with Crippen LogP contribution in [-0.2, 0) is 16.0 Å². The number of ether oxygens (including phenoxy) is 2. The summed E-state index contributed by atoms with van der Waals surface area (Å²) in [6.07, 6.45) is 0.395.